The van der Waals surface area contributed by atoms with Gasteiger partial charge in [-0.25, -0.2) is 0 Å². The highest BCUT2D eigenvalue weighted by Crippen LogP contribution is 2.18. The molecule has 0 aliphatic rings. The van der Waals surface area contributed by atoms with E-state index in [2.05, 4.69) is 15.5 Å². The van der Waals surface area contributed by atoms with Gasteiger partial charge in [0.15, 0.2) is 0 Å². The van der Waals surface area contributed by atoms with E-state index in [1.54, 1.807) is 26.2 Å². The van der Waals surface area contributed by atoms with Crippen LogP contribution in [0.3, 0.4) is 0 Å². The zero-order valence-electron chi connectivity index (χ0n) is 15.4. The van der Waals surface area contributed by atoms with Crippen LogP contribution in [-0.2, 0) is 11.3 Å². The number of ether oxygens (including phenoxy) is 2. The minimum atomic E-state index is -0.460. The number of aromatic nitrogens is 2. The Labute approximate surface area is 160 Å². The molecule has 2 aromatic heterocycles. The van der Waals surface area contributed by atoms with Gasteiger partial charge < -0.3 is 23.7 Å². The fourth-order valence-electron chi connectivity index (χ4n) is 2.35. The maximum atomic E-state index is 11.9. The molecule has 0 fully saturated rings. The van der Waals surface area contributed by atoms with Crippen LogP contribution >= 0.6 is 0 Å². The van der Waals surface area contributed by atoms with E-state index in [9.17, 15) is 9.59 Å². The largest absolute Gasteiger partial charge is 0.482 e. The standard InChI is InChI=1S/C19H19N3O6/c1-12-16(15(23)7-9-26-12)27-11-13-3-5-14(6-4-13)17-21-19(28-22-17)18(24)20-8-10-25-2/h3-7,9H,8,10-11H2,1-2H3,(H,20,24). The highest BCUT2D eigenvalue weighted by Gasteiger charge is 2.15. The second kappa shape index (κ2) is 8.96. The molecule has 0 unspecified atom stereocenters. The van der Waals surface area contributed by atoms with Gasteiger partial charge in [0.25, 0.3) is 0 Å². The van der Waals surface area contributed by atoms with Gasteiger partial charge in [0.2, 0.25) is 17.0 Å². The SMILES string of the molecule is COCCNC(=O)c1nc(-c2ccc(COc3c(C)occc3=O)cc2)no1. The molecule has 9 heteroatoms. The molecule has 0 spiro atoms. The number of rotatable bonds is 8. The van der Waals surface area contributed by atoms with Gasteiger partial charge in [0.1, 0.15) is 12.4 Å². The first kappa shape index (κ1) is 19.3. The summed E-state index contributed by atoms with van der Waals surface area (Å²) in [5, 5.41) is 6.42. The van der Waals surface area contributed by atoms with Crippen LogP contribution in [0, 0.1) is 6.92 Å². The van der Waals surface area contributed by atoms with Crippen molar-refractivity contribution in [2.75, 3.05) is 20.3 Å². The van der Waals surface area contributed by atoms with E-state index in [4.69, 9.17) is 18.4 Å². The van der Waals surface area contributed by atoms with Crippen LogP contribution in [-0.4, -0.2) is 36.3 Å². The van der Waals surface area contributed by atoms with Crippen LogP contribution in [0.15, 0.2) is 50.3 Å². The average molecular weight is 385 g/mol. The lowest BCUT2D eigenvalue weighted by Gasteiger charge is -2.07. The lowest BCUT2D eigenvalue weighted by Crippen LogP contribution is -2.27. The Morgan fingerprint density at radius 3 is 2.71 bits per heavy atom. The predicted octanol–water partition coefficient (Wildman–Crippen LogP) is 1.95. The fraction of sp³-hybridized carbons (Fsp3) is 0.263. The van der Waals surface area contributed by atoms with Crippen molar-refractivity contribution in [2.24, 2.45) is 0 Å². The van der Waals surface area contributed by atoms with E-state index >= 15 is 0 Å². The molecule has 9 nitrogen and oxygen atoms in total. The van der Waals surface area contributed by atoms with Gasteiger partial charge in [0, 0.05) is 25.3 Å². The van der Waals surface area contributed by atoms with Gasteiger partial charge in [-0.2, -0.15) is 4.98 Å². The molecule has 0 aliphatic heterocycles. The van der Waals surface area contributed by atoms with E-state index < -0.39 is 5.91 Å². The summed E-state index contributed by atoms with van der Waals surface area (Å²) in [5.74, 6) is 0.327. The Morgan fingerprint density at radius 2 is 2.00 bits per heavy atom. The van der Waals surface area contributed by atoms with Gasteiger partial charge in [-0.05, 0) is 12.5 Å². The van der Waals surface area contributed by atoms with Crippen molar-refractivity contribution in [2.45, 2.75) is 13.5 Å². The molecule has 1 N–H and O–H groups in total. The minimum absolute atomic E-state index is 0.121. The number of carbonyl (C=O) groups is 1. The number of methoxy groups -OCH3 is 1. The first-order valence-corrected chi connectivity index (χ1v) is 8.50. The molecule has 0 saturated carbocycles. The van der Waals surface area contributed by atoms with Crippen LogP contribution in [0.1, 0.15) is 22.0 Å². The van der Waals surface area contributed by atoms with Crippen molar-refractivity contribution in [1.82, 2.24) is 15.5 Å². The van der Waals surface area contributed by atoms with Gasteiger partial charge in [-0.3, -0.25) is 9.59 Å². The lowest BCUT2D eigenvalue weighted by molar-refractivity contribution is 0.0893. The average Bonchev–Trinajstić information content (AvgIpc) is 3.18. The third kappa shape index (κ3) is 4.63. The minimum Gasteiger partial charge on any atom is -0.482 e. The molecule has 0 saturated heterocycles. The van der Waals surface area contributed by atoms with Crippen molar-refractivity contribution in [3.05, 3.63) is 64.0 Å². The van der Waals surface area contributed by atoms with Crippen LogP contribution in [0.4, 0.5) is 0 Å². The molecule has 0 bridgehead atoms. The van der Waals surface area contributed by atoms with Gasteiger partial charge >= 0.3 is 11.8 Å². The van der Waals surface area contributed by atoms with E-state index in [1.807, 2.05) is 12.1 Å². The van der Waals surface area contributed by atoms with Crippen molar-refractivity contribution in [3.63, 3.8) is 0 Å². The lowest BCUT2D eigenvalue weighted by atomic mass is 10.1. The quantitative estimate of drug-likeness (QED) is 0.585. The van der Waals surface area contributed by atoms with Crippen molar-refractivity contribution < 1.29 is 23.2 Å². The maximum absolute atomic E-state index is 11.9. The Morgan fingerprint density at radius 1 is 1.21 bits per heavy atom. The molecular weight excluding hydrogens is 366 g/mol. The Kier molecular flexibility index (Phi) is 6.18. The summed E-state index contributed by atoms with van der Waals surface area (Å²) in [5.41, 5.74) is 1.29. The Hall–Kier alpha value is -3.46. The summed E-state index contributed by atoms with van der Waals surface area (Å²) in [6.45, 7) is 2.61. The molecule has 0 atom stereocenters. The third-order valence-electron chi connectivity index (χ3n) is 3.82. The van der Waals surface area contributed by atoms with Crippen LogP contribution in [0.5, 0.6) is 5.75 Å². The Bertz CT molecular complexity index is 993. The first-order chi connectivity index (χ1) is 13.6. The van der Waals surface area contributed by atoms with Crippen LogP contribution in [0.25, 0.3) is 11.4 Å². The van der Waals surface area contributed by atoms with E-state index in [0.29, 0.717) is 30.3 Å². The predicted molar refractivity (Wildman–Crippen MR) is 98.0 cm³/mol. The summed E-state index contributed by atoms with van der Waals surface area (Å²) in [7, 11) is 1.54. The van der Waals surface area contributed by atoms with Crippen LogP contribution < -0.4 is 15.5 Å². The second-order valence-corrected chi connectivity index (χ2v) is 5.83. The maximum Gasteiger partial charge on any atom is 0.316 e. The van der Waals surface area contributed by atoms with Gasteiger partial charge in [0.05, 0.1) is 12.9 Å². The molecule has 1 amide bonds. The summed E-state index contributed by atoms with van der Waals surface area (Å²) < 4.78 is 20.6. The molecular formula is C19H19N3O6. The molecule has 0 aliphatic carbocycles. The van der Waals surface area contributed by atoms with E-state index in [0.717, 1.165) is 5.56 Å². The molecule has 2 heterocycles. The molecule has 3 rings (SSSR count). The highest BCUT2D eigenvalue weighted by molar-refractivity contribution is 5.89. The third-order valence-corrected chi connectivity index (χ3v) is 3.82. The summed E-state index contributed by atoms with van der Waals surface area (Å²) >= 11 is 0. The molecule has 3 aromatic rings. The summed E-state index contributed by atoms with van der Waals surface area (Å²) in [6, 6.07) is 8.48. The van der Waals surface area contributed by atoms with E-state index in [1.165, 1.54) is 12.3 Å². The second-order valence-electron chi connectivity index (χ2n) is 5.83. The number of amides is 1. The number of hydrogen-bond acceptors (Lipinski definition) is 8. The monoisotopic (exact) mass is 385 g/mol. The highest BCUT2D eigenvalue weighted by atomic mass is 16.5. The molecule has 28 heavy (non-hydrogen) atoms. The molecule has 0 radical (unpaired) electrons. The smallest absolute Gasteiger partial charge is 0.316 e. The number of nitrogens with zero attached hydrogens (tertiary/aromatic N) is 2. The van der Waals surface area contributed by atoms with Gasteiger partial charge in [-0.1, -0.05) is 29.4 Å². The number of carbonyl (C=O) groups excluding carboxylic acids is 1. The summed E-state index contributed by atoms with van der Waals surface area (Å²) in [6.07, 6.45) is 1.33. The zero-order chi connectivity index (χ0) is 19.9. The number of benzene rings is 1. The zero-order valence-corrected chi connectivity index (χ0v) is 15.4. The summed E-state index contributed by atoms with van der Waals surface area (Å²) in [4.78, 5) is 27.8. The fourth-order valence-corrected chi connectivity index (χ4v) is 2.35. The van der Waals surface area contributed by atoms with Crippen molar-refractivity contribution >= 4 is 5.91 Å². The van der Waals surface area contributed by atoms with E-state index in [-0.39, 0.29) is 23.7 Å². The number of hydrogen-bond donors (Lipinski definition) is 1. The normalized spacial score (nSPS) is 10.6. The number of nitrogens with one attached hydrogen (secondary N) is 1. The topological polar surface area (TPSA) is 117 Å². The van der Waals surface area contributed by atoms with Crippen molar-refractivity contribution in [1.29, 1.82) is 0 Å². The number of aryl methyl sites for hydroxylation is 1. The van der Waals surface area contributed by atoms with Crippen LogP contribution in [0.2, 0.25) is 0 Å². The van der Waals surface area contributed by atoms with Crippen molar-refractivity contribution in [3.8, 4) is 17.1 Å². The first-order valence-electron chi connectivity index (χ1n) is 8.50. The molecule has 1 aromatic carbocycles. The van der Waals surface area contributed by atoms with Gasteiger partial charge in [-0.15, -0.1) is 0 Å². The Balaban J connectivity index is 1.63. The molecule has 146 valence electrons.